The van der Waals surface area contributed by atoms with E-state index in [9.17, 15) is 0 Å². The zero-order valence-electron chi connectivity index (χ0n) is 19.9. The van der Waals surface area contributed by atoms with Crippen molar-refractivity contribution in [2.24, 2.45) is 0 Å². The summed E-state index contributed by atoms with van der Waals surface area (Å²) in [6.45, 7) is 13.5. The Hall–Kier alpha value is -3.33. The second-order valence-corrected chi connectivity index (χ2v) is 9.29. The zero-order valence-corrected chi connectivity index (χ0v) is 19.9. The normalized spacial score (nSPS) is 15.7. The largest absolute Gasteiger partial charge is 0.347 e. The summed E-state index contributed by atoms with van der Waals surface area (Å²) in [5, 5.41) is 1.26. The maximum Gasteiger partial charge on any atom is 0.218 e. The standard InChI is InChI=1S/C29H32N3/c1-19(2)30-23(6)32(27-14-10-9-13-26(27)30)29-18-20(3)17-28(22(29)5)31-21(4)15-16-24-11-7-8-12-25(24)31/h7-19,23H,1-6H3/q+1/t23-/m1/s1. The fraction of sp³-hybridized carbons (Fsp3) is 0.276. The van der Waals surface area contributed by atoms with E-state index in [1.807, 2.05) is 0 Å². The Kier molecular flexibility index (Phi) is 4.93. The summed E-state index contributed by atoms with van der Waals surface area (Å²) in [6.07, 6.45) is 0.249. The number of fused-ring (bicyclic) bond motifs is 2. The molecule has 0 unspecified atom stereocenters. The van der Waals surface area contributed by atoms with E-state index in [0.717, 1.165) is 0 Å². The number of anilines is 3. The Morgan fingerprint density at radius 1 is 0.781 bits per heavy atom. The van der Waals surface area contributed by atoms with Crippen molar-refractivity contribution in [3.05, 3.63) is 89.6 Å². The van der Waals surface area contributed by atoms with Gasteiger partial charge < -0.3 is 9.80 Å². The van der Waals surface area contributed by atoms with Crippen molar-refractivity contribution in [1.29, 1.82) is 0 Å². The SMILES string of the molecule is Cc1cc(N2c3ccccc3N(C(C)C)[C@H]2C)c(C)c(-[n+]2c(C)ccc3ccccc32)c1. The summed E-state index contributed by atoms with van der Waals surface area (Å²) in [7, 11) is 0. The van der Waals surface area contributed by atoms with Gasteiger partial charge in [-0.2, -0.15) is 4.57 Å². The highest BCUT2D eigenvalue weighted by Gasteiger charge is 2.36. The van der Waals surface area contributed by atoms with Gasteiger partial charge in [0.15, 0.2) is 5.69 Å². The summed E-state index contributed by atoms with van der Waals surface area (Å²) >= 11 is 0. The second kappa shape index (κ2) is 7.67. The Balaban J connectivity index is 1.76. The summed E-state index contributed by atoms with van der Waals surface area (Å²) in [4.78, 5) is 5.04. The molecule has 4 aromatic rings. The van der Waals surface area contributed by atoms with Crippen molar-refractivity contribution < 1.29 is 4.57 Å². The van der Waals surface area contributed by atoms with Crippen molar-refractivity contribution in [3.63, 3.8) is 0 Å². The van der Waals surface area contributed by atoms with E-state index in [1.165, 1.54) is 50.5 Å². The fourth-order valence-electron chi connectivity index (χ4n) is 5.38. The van der Waals surface area contributed by atoms with Crippen molar-refractivity contribution >= 4 is 28.0 Å². The molecule has 0 fully saturated rings. The molecule has 5 rings (SSSR count). The number of benzene rings is 3. The van der Waals surface area contributed by atoms with Crippen LogP contribution in [0.1, 0.15) is 37.6 Å². The zero-order chi connectivity index (χ0) is 22.6. The van der Waals surface area contributed by atoms with Crippen LogP contribution in [0.5, 0.6) is 0 Å². The molecule has 1 aliphatic rings. The maximum atomic E-state index is 2.52. The highest BCUT2D eigenvalue weighted by molar-refractivity contribution is 5.85. The molecule has 0 N–H and O–H groups in total. The van der Waals surface area contributed by atoms with Gasteiger partial charge in [-0.1, -0.05) is 24.3 Å². The van der Waals surface area contributed by atoms with Gasteiger partial charge in [0, 0.05) is 42.1 Å². The van der Waals surface area contributed by atoms with Crippen LogP contribution in [0.4, 0.5) is 17.1 Å². The predicted molar refractivity (Wildman–Crippen MR) is 135 cm³/mol. The minimum Gasteiger partial charge on any atom is -0.347 e. The van der Waals surface area contributed by atoms with Crippen LogP contribution in [0.3, 0.4) is 0 Å². The van der Waals surface area contributed by atoms with Gasteiger partial charge in [0.2, 0.25) is 11.2 Å². The lowest BCUT2D eigenvalue weighted by Crippen LogP contribution is -2.43. The molecule has 32 heavy (non-hydrogen) atoms. The summed E-state index contributed by atoms with van der Waals surface area (Å²) < 4.78 is 2.41. The third-order valence-electron chi connectivity index (χ3n) is 6.78. The van der Waals surface area contributed by atoms with E-state index in [4.69, 9.17) is 0 Å². The summed E-state index contributed by atoms with van der Waals surface area (Å²) in [5.74, 6) is 0. The lowest BCUT2D eigenvalue weighted by atomic mass is 10.0. The Morgan fingerprint density at radius 2 is 1.47 bits per heavy atom. The first-order valence-corrected chi connectivity index (χ1v) is 11.6. The molecule has 0 radical (unpaired) electrons. The predicted octanol–water partition coefficient (Wildman–Crippen LogP) is 6.75. The van der Waals surface area contributed by atoms with Gasteiger partial charge in [-0.15, -0.1) is 0 Å². The van der Waals surface area contributed by atoms with E-state index in [-0.39, 0.29) is 6.17 Å². The fourth-order valence-corrected chi connectivity index (χ4v) is 5.38. The minimum absolute atomic E-state index is 0.249. The first-order chi connectivity index (χ1) is 15.4. The number of nitrogens with zero attached hydrogens (tertiary/aromatic N) is 3. The van der Waals surface area contributed by atoms with Gasteiger partial charge >= 0.3 is 0 Å². The lowest BCUT2D eigenvalue weighted by Gasteiger charge is -2.33. The van der Waals surface area contributed by atoms with Gasteiger partial charge in [0.05, 0.1) is 17.1 Å². The third-order valence-corrected chi connectivity index (χ3v) is 6.78. The van der Waals surface area contributed by atoms with Crippen LogP contribution in [-0.4, -0.2) is 12.2 Å². The smallest absolute Gasteiger partial charge is 0.218 e. The average Bonchev–Trinajstić information content (AvgIpc) is 3.07. The molecule has 0 saturated carbocycles. The van der Waals surface area contributed by atoms with Gasteiger partial charge in [0.25, 0.3) is 0 Å². The number of hydrogen-bond donors (Lipinski definition) is 0. The van der Waals surface area contributed by atoms with Crippen molar-refractivity contribution in [2.45, 2.75) is 53.8 Å². The van der Waals surface area contributed by atoms with Gasteiger partial charge in [0.1, 0.15) is 6.17 Å². The molecule has 1 aliphatic heterocycles. The van der Waals surface area contributed by atoms with Crippen LogP contribution in [0, 0.1) is 20.8 Å². The molecule has 0 amide bonds. The minimum atomic E-state index is 0.249. The molecule has 2 heterocycles. The van der Waals surface area contributed by atoms with Gasteiger partial charge in [-0.3, -0.25) is 0 Å². The van der Waals surface area contributed by atoms with Crippen LogP contribution in [0.2, 0.25) is 0 Å². The maximum absolute atomic E-state index is 2.52. The lowest BCUT2D eigenvalue weighted by molar-refractivity contribution is -0.574. The van der Waals surface area contributed by atoms with Crippen LogP contribution in [0.15, 0.2) is 72.8 Å². The quantitative estimate of drug-likeness (QED) is 0.338. The van der Waals surface area contributed by atoms with Gasteiger partial charge in [-0.25, -0.2) is 0 Å². The topological polar surface area (TPSA) is 10.4 Å². The van der Waals surface area contributed by atoms with Crippen molar-refractivity contribution in [3.8, 4) is 5.69 Å². The van der Waals surface area contributed by atoms with Crippen LogP contribution in [0.25, 0.3) is 16.6 Å². The third kappa shape index (κ3) is 3.07. The number of pyridine rings is 1. The van der Waals surface area contributed by atoms with E-state index in [2.05, 4.69) is 129 Å². The number of aryl methyl sites for hydroxylation is 2. The van der Waals surface area contributed by atoms with Crippen LogP contribution >= 0.6 is 0 Å². The molecular weight excluding hydrogens is 390 g/mol. The molecule has 0 spiro atoms. The first kappa shape index (κ1) is 20.6. The summed E-state index contributed by atoms with van der Waals surface area (Å²) in [5.41, 5.74) is 10.2. The van der Waals surface area contributed by atoms with E-state index in [1.54, 1.807) is 0 Å². The first-order valence-electron chi connectivity index (χ1n) is 11.6. The molecule has 0 bridgehead atoms. The molecule has 3 nitrogen and oxygen atoms in total. The monoisotopic (exact) mass is 422 g/mol. The number of para-hydroxylation sites is 3. The van der Waals surface area contributed by atoms with Crippen molar-refractivity contribution in [1.82, 2.24) is 0 Å². The Labute approximate surface area is 191 Å². The molecule has 1 atom stereocenters. The number of aromatic nitrogens is 1. The van der Waals surface area contributed by atoms with Gasteiger partial charge in [-0.05, 0) is 70.5 Å². The molecule has 3 heteroatoms. The van der Waals surface area contributed by atoms with E-state index >= 15 is 0 Å². The number of hydrogen-bond acceptors (Lipinski definition) is 2. The Bertz CT molecular complexity index is 1320. The Morgan fingerprint density at radius 3 is 2.22 bits per heavy atom. The molecule has 162 valence electrons. The van der Waals surface area contributed by atoms with Crippen LogP contribution < -0.4 is 14.4 Å². The molecular formula is C29H32N3+. The molecule has 0 aliphatic carbocycles. The molecule has 1 aromatic heterocycles. The highest BCUT2D eigenvalue weighted by Crippen LogP contribution is 2.46. The van der Waals surface area contributed by atoms with E-state index < -0.39 is 0 Å². The number of rotatable bonds is 3. The molecule has 0 saturated heterocycles. The average molecular weight is 423 g/mol. The highest BCUT2D eigenvalue weighted by atomic mass is 15.4. The molecule has 3 aromatic carbocycles. The second-order valence-electron chi connectivity index (χ2n) is 9.29. The van der Waals surface area contributed by atoms with E-state index in [0.29, 0.717) is 6.04 Å². The summed E-state index contributed by atoms with van der Waals surface area (Å²) in [6, 6.07) is 27.0. The van der Waals surface area contributed by atoms with Crippen molar-refractivity contribution in [2.75, 3.05) is 9.80 Å². The van der Waals surface area contributed by atoms with Crippen LogP contribution in [-0.2, 0) is 0 Å².